The summed E-state index contributed by atoms with van der Waals surface area (Å²) >= 11 is 9.46. The van der Waals surface area contributed by atoms with Gasteiger partial charge in [0.1, 0.15) is 11.6 Å². The molecule has 0 amide bonds. The van der Waals surface area contributed by atoms with Crippen LogP contribution in [0.5, 0.6) is 0 Å². The summed E-state index contributed by atoms with van der Waals surface area (Å²) in [5.41, 5.74) is 3.55. The number of rotatable bonds is 2. The van der Waals surface area contributed by atoms with Gasteiger partial charge in [0.25, 0.3) is 0 Å². The molecule has 0 N–H and O–H groups in total. The largest absolute Gasteiger partial charge is 0.295 e. The van der Waals surface area contributed by atoms with Crippen molar-refractivity contribution in [2.24, 2.45) is 0 Å². The lowest BCUT2D eigenvalue weighted by Crippen LogP contribution is -1.99. The predicted molar refractivity (Wildman–Crippen MR) is 83.0 cm³/mol. The highest BCUT2D eigenvalue weighted by atomic mass is 79.9. The van der Waals surface area contributed by atoms with Crippen molar-refractivity contribution in [3.8, 4) is 5.69 Å². The predicted octanol–water partition coefficient (Wildman–Crippen LogP) is 4.97. The van der Waals surface area contributed by atoms with E-state index >= 15 is 0 Å². The lowest BCUT2D eigenvalue weighted by molar-refractivity contribution is 0.629. The Bertz CT molecular complexity index is 798. The van der Waals surface area contributed by atoms with Gasteiger partial charge < -0.3 is 0 Å². The van der Waals surface area contributed by atoms with Crippen LogP contribution in [0.15, 0.2) is 40.9 Å². The maximum Gasteiger partial charge on any atom is 0.129 e. The van der Waals surface area contributed by atoms with Crippen molar-refractivity contribution in [1.29, 1.82) is 0 Å². The smallest absolute Gasteiger partial charge is 0.129 e. The maximum atomic E-state index is 13.3. The molecule has 0 fully saturated rings. The van der Waals surface area contributed by atoms with Crippen LogP contribution in [0.3, 0.4) is 0 Å². The SMILES string of the molecule is Cc1cc(-n2c(CCl)nc3cc(F)ccc32)ccc1Br. The Labute approximate surface area is 129 Å². The maximum absolute atomic E-state index is 13.3. The molecule has 2 aromatic carbocycles. The number of nitrogens with zero attached hydrogens (tertiary/aromatic N) is 2. The third-order valence-electron chi connectivity index (χ3n) is 3.21. The molecular weight excluding hydrogens is 343 g/mol. The molecule has 0 aliphatic heterocycles. The zero-order valence-corrected chi connectivity index (χ0v) is 13.0. The summed E-state index contributed by atoms with van der Waals surface area (Å²) in [5.74, 6) is 0.676. The molecule has 0 aliphatic rings. The minimum Gasteiger partial charge on any atom is -0.295 e. The third kappa shape index (κ3) is 2.23. The Balaban J connectivity index is 2.30. The van der Waals surface area contributed by atoms with Crippen LogP contribution in [-0.4, -0.2) is 9.55 Å². The van der Waals surface area contributed by atoms with Crippen molar-refractivity contribution in [1.82, 2.24) is 9.55 Å². The molecule has 20 heavy (non-hydrogen) atoms. The summed E-state index contributed by atoms with van der Waals surface area (Å²) in [6.07, 6.45) is 0. The number of aromatic nitrogens is 2. The van der Waals surface area contributed by atoms with Gasteiger partial charge in [-0.2, -0.15) is 0 Å². The van der Waals surface area contributed by atoms with E-state index in [1.54, 1.807) is 6.07 Å². The van der Waals surface area contributed by atoms with E-state index in [1.807, 2.05) is 29.7 Å². The van der Waals surface area contributed by atoms with Gasteiger partial charge in [-0.05, 0) is 42.8 Å². The molecule has 3 rings (SSSR count). The van der Waals surface area contributed by atoms with Gasteiger partial charge in [0, 0.05) is 16.2 Å². The van der Waals surface area contributed by atoms with Crippen molar-refractivity contribution in [3.63, 3.8) is 0 Å². The topological polar surface area (TPSA) is 17.8 Å². The fraction of sp³-hybridized carbons (Fsp3) is 0.133. The van der Waals surface area contributed by atoms with Crippen molar-refractivity contribution in [2.45, 2.75) is 12.8 Å². The molecule has 0 saturated carbocycles. The Morgan fingerprint density at radius 3 is 2.75 bits per heavy atom. The first kappa shape index (κ1) is 13.6. The molecule has 0 saturated heterocycles. The van der Waals surface area contributed by atoms with Crippen molar-refractivity contribution < 1.29 is 4.39 Å². The number of halogens is 3. The van der Waals surface area contributed by atoms with E-state index in [-0.39, 0.29) is 11.7 Å². The summed E-state index contributed by atoms with van der Waals surface area (Å²) in [7, 11) is 0. The highest BCUT2D eigenvalue weighted by Gasteiger charge is 2.12. The number of imidazole rings is 1. The molecule has 2 nitrogen and oxygen atoms in total. The Morgan fingerprint density at radius 2 is 2.05 bits per heavy atom. The molecule has 5 heteroatoms. The van der Waals surface area contributed by atoms with Crippen LogP contribution in [0.25, 0.3) is 16.7 Å². The third-order valence-corrected chi connectivity index (χ3v) is 4.33. The van der Waals surface area contributed by atoms with Crippen molar-refractivity contribution in [2.75, 3.05) is 0 Å². The molecule has 0 unspecified atom stereocenters. The standard InChI is InChI=1S/C15H11BrClFN2/c1-9-6-11(3-4-12(9)16)20-14-5-2-10(18)7-13(14)19-15(20)8-17/h2-7H,8H2,1H3. The number of aryl methyl sites for hydroxylation is 1. The number of hydrogen-bond donors (Lipinski definition) is 0. The summed E-state index contributed by atoms with van der Waals surface area (Å²) in [4.78, 5) is 4.40. The molecule has 0 bridgehead atoms. The molecule has 1 heterocycles. The number of fused-ring (bicyclic) bond motifs is 1. The average molecular weight is 354 g/mol. The van der Waals surface area contributed by atoms with Gasteiger partial charge >= 0.3 is 0 Å². The summed E-state index contributed by atoms with van der Waals surface area (Å²) in [6, 6.07) is 10.6. The second-order valence-electron chi connectivity index (χ2n) is 4.56. The molecule has 3 aromatic rings. The quantitative estimate of drug-likeness (QED) is 0.594. The fourth-order valence-electron chi connectivity index (χ4n) is 2.25. The number of benzene rings is 2. The number of hydrogen-bond acceptors (Lipinski definition) is 1. The number of alkyl halides is 1. The molecule has 0 atom stereocenters. The van der Waals surface area contributed by atoms with E-state index in [0.717, 1.165) is 21.2 Å². The van der Waals surface area contributed by atoms with E-state index in [4.69, 9.17) is 11.6 Å². The second kappa shape index (κ2) is 5.19. The highest BCUT2D eigenvalue weighted by Crippen LogP contribution is 2.26. The fourth-order valence-corrected chi connectivity index (χ4v) is 2.67. The van der Waals surface area contributed by atoms with E-state index < -0.39 is 0 Å². The lowest BCUT2D eigenvalue weighted by atomic mass is 10.2. The monoisotopic (exact) mass is 352 g/mol. The van der Waals surface area contributed by atoms with E-state index in [9.17, 15) is 4.39 Å². The van der Waals surface area contributed by atoms with Crippen LogP contribution in [0.1, 0.15) is 11.4 Å². The molecule has 1 aromatic heterocycles. The van der Waals surface area contributed by atoms with Gasteiger partial charge in [0.2, 0.25) is 0 Å². The van der Waals surface area contributed by atoms with Gasteiger partial charge in [-0.1, -0.05) is 15.9 Å². The Hall–Kier alpha value is -1.39. The van der Waals surface area contributed by atoms with Crippen LogP contribution in [0, 0.1) is 12.7 Å². The first-order valence-corrected chi connectivity index (χ1v) is 7.42. The van der Waals surface area contributed by atoms with Crippen LogP contribution >= 0.6 is 27.5 Å². The zero-order chi connectivity index (χ0) is 14.3. The molecule has 0 radical (unpaired) electrons. The summed E-state index contributed by atoms with van der Waals surface area (Å²) in [6.45, 7) is 2.02. The van der Waals surface area contributed by atoms with Gasteiger partial charge in [0.05, 0.1) is 16.9 Å². The van der Waals surface area contributed by atoms with Gasteiger partial charge in [-0.3, -0.25) is 4.57 Å². The van der Waals surface area contributed by atoms with Crippen LogP contribution in [-0.2, 0) is 5.88 Å². The molecular formula is C15H11BrClFN2. The van der Waals surface area contributed by atoms with E-state index in [2.05, 4.69) is 20.9 Å². The Morgan fingerprint density at radius 1 is 1.25 bits per heavy atom. The van der Waals surface area contributed by atoms with Gasteiger partial charge in [-0.25, -0.2) is 9.37 Å². The van der Waals surface area contributed by atoms with E-state index in [1.165, 1.54) is 12.1 Å². The molecule has 102 valence electrons. The second-order valence-corrected chi connectivity index (χ2v) is 5.69. The first-order chi connectivity index (χ1) is 9.60. The molecule has 0 spiro atoms. The highest BCUT2D eigenvalue weighted by molar-refractivity contribution is 9.10. The van der Waals surface area contributed by atoms with Crippen molar-refractivity contribution in [3.05, 3.63) is 58.1 Å². The van der Waals surface area contributed by atoms with Crippen LogP contribution < -0.4 is 0 Å². The molecule has 0 aliphatic carbocycles. The van der Waals surface area contributed by atoms with Crippen LogP contribution in [0.2, 0.25) is 0 Å². The van der Waals surface area contributed by atoms with Gasteiger partial charge in [0.15, 0.2) is 0 Å². The minimum atomic E-state index is -0.296. The summed E-state index contributed by atoms with van der Waals surface area (Å²) < 4.78 is 16.3. The van der Waals surface area contributed by atoms with Gasteiger partial charge in [-0.15, -0.1) is 11.6 Å². The summed E-state index contributed by atoms with van der Waals surface area (Å²) in [5, 5.41) is 0. The van der Waals surface area contributed by atoms with E-state index in [0.29, 0.717) is 11.3 Å². The Kier molecular flexibility index (Phi) is 3.52. The van der Waals surface area contributed by atoms with Crippen LogP contribution in [0.4, 0.5) is 4.39 Å². The minimum absolute atomic E-state index is 0.269. The normalized spacial score (nSPS) is 11.2. The zero-order valence-electron chi connectivity index (χ0n) is 10.7. The average Bonchev–Trinajstić information content (AvgIpc) is 2.79. The first-order valence-electron chi connectivity index (χ1n) is 6.09. The lowest BCUT2D eigenvalue weighted by Gasteiger charge is -2.09. The van der Waals surface area contributed by atoms with Crippen molar-refractivity contribution >= 4 is 38.6 Å².